The Labute approximate surface area is 131 Å². The minimum Gasteiger partial charge on any atom is -0.494 e. The monoisotopic (exact) mass is 356 g/mol. The van der Waals surface area contributed by atoms with Gasteiger partial charge in [-0.05, 0) is 55.3 Å². The molecule has 0 aliphatic carbocycles. The van der Waals surface area contributed by atoms with E-state index in [2.05, 4.69) is 15.9 Å². The maximum atomic E-state index is 13.2. The Hall–Kier alpha value is -1.06. The number of ether oxygens (including phenoxy) is 1. The van der Waals surface area contributed by atoms with Crippen molar-refractivity contribution in [1.82, 2.24) is 0 Å². The van der Waals surface area contributed by atoms with Crippen molar-refractivity contribution in [2.45, 2.75) is 19.2 Å². The first-order valence-electron chi connectivity index (χ1n) is 6.35. The zero-order chi connectivity index (χ0) is 14.7. The largest absolute Gasteiger partial charge is 0.494 e. The van der Waals surface area contributed by atoms with Gasteiger partial charge < -0.3 is 4.74 Å². The van der Waals surface area contributed by atoms with Crippen LogP contribution in [0, 0.1) is 12.7 Å². The smallest absolute Gasteiger partial charge is 0.124 e. The lowest BCUT2D eigenvalue weighted by Crippen LogP contribution is -2.02. The average molecular weight is 358 g/mol. The minimum atomic E-state index is -0.380. The third kappa shape index (κ3) is 3.33. The topological polar surface area (TPSA) is 9.23 Å². The Kier molecular flexibility index (Phi) is 5.06. The SMILES string of the molecule is CCOc1ccc(Br)cc1C(Cl)c1ccc(F)cc1C. The van der Waals surface area contributed by atoms with Gasteiger partial charge in [-0.2, -0.15) is 0 Å². The number of hydrogen-bond acceptors (Lipinski definition) is 1. The normalized spacial score (nSPS) is 12.2. The molecule has 0 heterocycles. The fourth-order valence-electron chi connectivity index (χ4n) is 2.10. The molecule has 0 N–H and O–H groups in total. The Bertz CT molecular complexity index is 615. The van der Waals surface area contributed by atoms with Crippen molar-refractivity contribution in [3.63, 3.8) is 0 Å². The first-order chi connectivity index (χ1) is 9.52. The first-order valence-corrected chi connectivity index (χ1v) is 7.58. The molecule has 2 rings (SSSR count). The number of benzene rings is 2. The summed E-state index contributed by atoms with van der Waals surface area (Å²) in [5, 5.41) is -0.380. The number of rotatable bonds is 4. The lowest BCUT2D eigenvalue weighted by atomic mass is 9.99. The van der Waals surface area contributed by atoms with E-state index in [0.717, 1.165) is 26.9 Å². The van der Waals surface area contributed by atoms with Crippen molar-refractivity contribution in [3.8, 4) is 5.75 Å². The molecule has 1 unspecified atom stereocenters. The number of hydrogen-bond donors (Lipinski definition) is 0. The second kappa shape index (κ2) is 6.59. The van der Waals surface area contributed by atoms with Gasteiger partial charge in [-0.1, -0.05) is 22.0 Å². The molecule has 0 radical (unpaired) electrons. The van der Waals surface area contributed by atoms with Gasteiger partial charge in [0, 0.05) is 10.0 Å². The third-order valence-corrected chi connectivity index (χ3v) is 4.01. The number of alkyl halides is 1. The van der Waals surface area contributed by atoms with Crippen LogP contribution < -0.4 is 4.74 Å². The molecule has 0 aliphatic rings. The number of halogens is 3. The fraction of sp³-hybridized carbons (Fsp3) is 0.250. The maximum absolute atomic E-state index is 13.2. The van der Waals surface area contributed by atoms with Gasteiger partial charge in [-0.3, -0.25) is 0 Å². The minimum absolute atomic E-state index is 0.255. The van der Waals surface area contributed by atoms with Crippen LogP contribution in [-0.4, -0.2) is 6.61 Å². The Balaban J connectivity index is 2.46. The van der Waals surface area contributed by atoms with Gasteiger partial charge in [0.05, 0.1) is 12.0 Å². The summed E-state index contributed by atoms with van der Waals surface area (Å²) < 4.78 is 19.8. The summed E-state index contributed by atoms with van der Waals surface area (Å²) in [5.41, 5.74) is 2.58. The van der Waals surface area contributed by atoms with Gasteiger partial charge in [0.25, 0.3) is 0 Å². The lowest BCUT2D eigenvalue weighted by Gasteiger charge is -2.17. The van der Waals surface area contributed by atoms with E-state index in [-0.39, 0.29) is 11.2 Å². The predicted molar refractivity (Wildman–Crippen MR) is 84.1 cm³/mol. The van der Waals surface area contributed by atoms with Crippen LogP contribution >= 0.6 is 27.5 Å². The van der Waals surface area contributed by atoms with Crippen molar-refractivity contribution in [2.24, 2.45) is 0 Å². The highest BCUT2D eigenvalue weighted by Gasteiger charge is 2.18. The zero-order valence-corrected chi connectivity index (χ0v) is 13.6. The molecule has 0 bridgehead atoms. The highest BCUT2D eigenvalue weighted by molar-refractivity contribution is 9.10. The average Bonchev–Trinajstić information content (AvgIpc) is 2.40. The summed E-state index contributed by atoms with van der Waals surface area (Å²) in [5.74, 6) is 0.494. The molecule has 0 aliphatic heterocycles. The molecule has 1 nitrogen and oxygen atoms in total. The quantitative estimate of drug-likeness (QED) is 0.645. The van der Waals surface area contributed by atoms with Gasteiger partial charge in [-0.15, -0.1) is 11.6 Å². The molecular weight excluding hydrogens is 343 g/mol. The Morgan fingerprint density at radius 2 is 1.95 bits per heavy atom. The van der Waals surface area contributed by atoms with E-state index in [1.165, 1.54) is 12.1 Å². The molecule has 0 spiro atoms. The number of aryl methyl sites for hydroxylation is 1. The Morgan fingerprint density at radius 3 is 2.60 bits per heavy atom. The van der Waals surface area contributed by atoms with Gasteiger partial charge in [-0.25, -0.2) is 4.39 Å². The van der Waals surface area contributed by atoms with Crippen molar-refractivity contribution in [3.05, 3.63) is 63.4 Å². The van der Waals surface area contributed by atoms with E-state index in [9.17, 15) is 4.39 Å². The highest BCUT2D eigenvalue weighted by Crippen LogP contribution is 2.38. The van der Waals surface area contributed by atoms with Crippen molar-refractivity contribution < 1.29 is 9.13 Å². The molecule has 1 atom stereocenters. The molecule has 0 fully saturated rings. The van der Waals surface area contributed by atoms with Gasteiger partial charge in [0.2, 0.25) is 0 Å². The fourth-order valence-corrected chi connectivity index (χ4v) is 2.89. The molecule has 0 aromatic heterocycles. The lowest BCUT2D eigenvalue weighted by molar-refractivity contribution is 0.337. The first kappa shape index (κ1) is 15.3. The third-order valence-electron chi connectivity index (χ3n) is 3.05. The summed E-state index contributed by atoms with van der Waals surface area (Å²) >= 11 is 10.0. The standard InChI is InChI=1S/C16H15BrClFO/c1-3-20-15-7-4-11(17)9-14(15)16(18)13-6-5-12(19)8-10(13)2/h4-9,16H,3H2,1-2H3. The predicted octanol–water partition coefficient (Wildman–Crippen LogP) is 5.62. The van der Waals surface area contributed by atoms with Crippen molar-refractivity contribution in [2.75, 3.05) is 6.61 Å². The van der Waals surface area contributed by atoms with Crippen LogP contribution in [0.1, 0.15) is 29.0 Å². The van der Waals surface area contributed by atoms with Crippen LogP contribution in [0.15, 0.2) is 40.9 Å². The molecule has 0 amide bonds. The molecule has 4 heteroatoms. The van der Waals surface area contributed by atoms with Crippen LogP contribution in [0.4, 0.5) is 4.39 Å². The molecule has 2 aromatic carbocycles. The summed E-state index contributed by atoms with van der Waals surface area (Å²) in [6, 6.07) is 10.4. The molecule has 0 saturated carbocycles. The summed E-state index contributed by atoms with van der Waals surface area (Å²) in [6.07, 6.45) is 0. The molecule has 20 heavy (non-hydrogen) atoms. The summed E-state index contributed by atoms with van der Waals surface area (Å²) in [7, 11) is 0. The zero-order valence-electron chi connectivity index (χ0n) is 11.3. The van der Waals surface area contributed by atoms with Crippen LogP contribution in [0.2, 0.25) is 0 Å². The van der Waals surface area contributed by atoms with E-state index < -0.39 is 0 Å². The molecular formula is C16H15BrClFO. The van der Waals surface area contributed by atoms with Crippen molar-refractivity contribution >= 4 is 27.5 Å². The van der Waals surface area contributed by atoms with Crippen LogP contribution in [-0.2, 0) is 0 Å². The summed E-state index contributed by atoms with van der Waals surface area (Å²) in [6.45, 7) is 4.35. The van der Waals surface area contributed by atoms with Gasteiger partial charge >= 0.3 is 0 Å². The van der Waals surface area contributed by atoms with Crippen LogP contribution in [0.5, 0.6) is 5.75 Å². The van der Waals surface area contributed by atoms with E-state index in [1.807, 2.05) is 32.0 Å². The van der Waals surface area contributed by atoms with E-state index in [4.69, 9.17) is 16.3 Å². The summed E-state index contributed by atoms with van der Waals surface area (Å²) in [4.78, 5) is 0. The maximum Gasteiger partial charge on any atom is 0.124 e. The molecule has 0 saturated heterocycles. The van der Waals surface area contributed by atoms with E-state index in [1.54, 1.807) is 6.07 Å². The van der Waals surface area contributed by atoms with E-state index >= 15 is 0 Å². The van der Waals surface area contributed by atoms with Gasteiger partial charge in [0.1, 0.15) is 11.6 Å². The highest BCUT2D eigenvalue weighted by atomic mass is 79.9. The van der Waals surface area contributed by atoms with Gasteiger partial charge in [0.15, 0.2) is 0 Å². The molecule has 2 aromatic rings. The second-order valence-corrected chi connectivity index (χ2v) is 5.83. The van der Waals surface area contributed by atoms with Crippen LogP contribution in [0.3, 0.4) is 0 Å². The molecule has 106 valence electrons. The van der Waals surface area contributed by atoms with Crippen LogP contribution in [0.25, 0.3) is 0 Å². The van der Waals surface area contributed by atoms with Crippen molar-refractivity contribution in [1.29, 1.82) is 0 Å². The Morgan fingerprint density at radius 1 is 1.20 bits per heavy atom. The second-order valence-electron chi connectivity index (χ2n) is 4.48. The van der Waals surface area contributed by atoms with E-state index in [0.29, 0.717) is 6.61 Å².